The highest BCUT2D eigenvalue weighted by Crippen LogP contribution is 3.04. The van der Waals surface area contributed by atoms with Gasteiger partial charge < -0.3 is 0 Å². The molecule has 0 fully saturated rings. The molecule has 1 aromatic carbocycles. The Kier molecular flexibility index (Phi) is 1.53. The maximum Gasteiger partial charge on any atom is 0.253 e. The second-order valence-corrected chi connectivity index (χ2v) is 6.55. The molecule has 0 aliphatic carbocycles. The van der Waals surface area contributed by atoms with Crippen molar-refractivity contribution in [3.63, 3.8) is 0 Å². The largest absolute Gasteiger partial charge is 0.253 e. The summed E-state index contributed by atoms with van der Waals surface area (Å²) in [6, 6.07) is 4.72. The van der Waals surface area contributed by atoms with Gasteiger partial charge in [0.1, 0.15) is 0 Å². The molecule has 0 radical (unpaired) electrons. The zero-order valence-corrected chi connectivity index (χ0v) is 7.26. The first-order valence-corrected chi connectivity index (χ1v) is 5.76. The Labute approximate surface area is 71.1 Å². The molecule has 12 heavy (non-hydrogen) atoms. The van der Waals surface area contributed by atoms with Crippen LogP contribution in [0.15, 0.2) is 35.2 Å². The molecule has 0 amide bonds. The SMILES string of the molecule is FS(F)(F)(F)(Cl)c1ccccc1. The van der Waals surface area contributed by atoms with Gasteiger partial charge in [-0.25, -0.2) is 0 Å². The predicted octanol–water partition coefficient (Wildman–Crippen LogP) is 4.61. The summed E-state index contributed by atoms with van der Waals surface area (Å²) >= 11 is 0. The Hall–Kier alpha value is -0.420. The van der Waals surface area contributed by atoms with Gasteiger partial charge in [0, 0.05) is 10.7 Å². The highest BCUT2D eigenvalue weighted by Gasteiger charge is 2.62. The van der Waals surface area contributed by atoms with E-state index in [1.165, 1.54) is 6.07 Å². The van der Waals surface area contributed by atoms with E-state index >= 15 is 0 Å². The zero-order chi connectivity index (χ0) is 9.52. The van der Waals surface area contributed by atoms with Crippen molar-refractivity contribution >= 4 is 19.7 Å². The number of rotatable bonds is 1. The molecule has 0 N–H and O–H groups in total. The molecule has 70 valence electrons. The van der Waals surface area contributed by atoms with Crippen molar-refractivity contribution < 1.29 is 15.5 Å². The molecule has 0 aliphatic rings. The van der Waals surface area contributed by atoms with Crippen LogP contribution in [0.5, 0.6) is 0 Å². The molecular weight excluding hydrogens is 216 g/mol. The van der Waals surface area contributed by atoms with Gasteiger partial charge in [0.25, 0.3) is 9.05 Å². The minimum atomic E-state index is -8.45. The van der Waals surface area contributed by atoms with Crippen molar-refractivity contribution in [2.75, 3.05) is 0 Å². The topological polar surface area (TPSA) is 0 Å². The third kappa shape index (κ3) is 2.28. The molecule has 0 nitrogen and oxygen atoms in total. The first-order chi connectivity index (χ1) is 5.09. The van der Waals surface area contributed by atoms with Crippen molar-refractivity contribution in [3.8, 4) is 0 Å². The van der Waals surface area contributed by atoms with Crippen LogP contribution in [0.4, 0.5) is 15.5 Å². The lowest BCUT2D eigenvalue weighted by molar-refractivity contribution is 0.480. The standard InChI is InChI=1S/C6H5ClF4S/c7-12(8,9,10,11)6-4-2-1-3-5-6/h1-5H. The summed E-state index contributed by atoms with van der Waals surface area (Å²) in [5, 5.41) is 0. The lowest BCUT2D eigenvalue weighted by Gasteiger charge is -2.42. The van der Waals surface area contributed by atoms with Crippen LogP contribution in [0.2, 0.25) is 0 Å². The van der Waals surface area contributed by atoms with E-state index < -0.39 is 13.9 Å². The number of hydrogen-bond acceptors (Lipinski definition) is 0. The first-order valence-electron chi connectivity index (χ1n) is 2.89. The summed E-state index contributed by atoms with van der Waals surface area (Å²) in [5.74, 6) is 0. The second-order valence-electron chi connectivity index (χ2n) is 2.28. The van der Waals surface area contributed by atoms with Crippen molar-refractivity contribution in [3.05, 3.63) is 30.3 Å². The molecule has 0 saturated heterocycles. The molecule has 0 unspecified atom stereocenters. The van der Waals surface area contributed by atoms with Crippen LogP contribution in [0, 0.1) is 0 Å². The molecule has 0 aromatic heterocycles. The highest BCUT2D eigenvalue weighted by molar-refractivity contribution is 8.65. The fourth-order valence-electron chi connectivity index (χ4n) is 0.678. The number of hydrogen-bond donors (Lipinski definition) is 0. The van der Waals surface area contributed by atoms with Crippen molar-refractivity contribution in [2.45, 2.75) is 4.90 Å². The van der Waals surface area contributed by atoms with E-state index in [9.17, 15) is 15.5 Å². The average Bonchev–Trinajstić information content (AvgIpc) is 1.85. The minimum absolute atomic E-state index is 0.606. The lowest BCUT2D eigenvalue weighted by Crippen LogP contribution is -2.03. The molecule has 1 aromatic rings. The van der Waals surface area contributed by atoms with Crippen LogP contribution < -0.4 is 0 Å². The van der Waals surface area contributed by atoms with Crippen molar-refractivity contribution in [2.24, 2.45) is 0 Å². The van der Waals surface area contributed by atoms with Crippen LogP contribution in [0.1, 0.15) is 0 Å². The van der Waals surface area contributed by atoms with Crippen LogP contribution in [-0.4, -0.2) is 0 Å². The zero-order valence-electron chi connectivity index (χ0n) is 5.68. The van der Waals surface area contributed by atoms with Gasteiger partial charge in [-0.15, -0.1) is 15.5 Å². The maximum absolute atomic E-state index is 12.4. The van der Waals surface area contributed by atoms with E-state index in [0.29, 0.717) is 12.1 Å². The van der Waals surface area contributed by atoms with Crippen molar-refractivity contribution in [1.29, 1.82) is 0 Å². The van der Waals surface area contributed by atoms with Crippen LogP contribution in [0.25, 0.3) is 0 Å². The fourth-order valence-corrected chi connectivity index (χ4v) is 1.66. The lowest BCUT2D eigenvalue weighted by atomic mass is 10.4. The summed E-state index contributed by atoms with van der Waals surface area (Å²) in [4.78, 5) is -1.42. The summed E-state index contributed by atoms with van der Waals surface area (Å²) in [6.07, 6.45) is 0. The smallest absolute Gasteiger partial charge is 0.107 e. The van der Waals surface area contributed by atoms with E-state index in [1.807, 2.05) is 0 Å². The van der Waals surface area contributed by atoms with Gasteiger partial charge in [0.05, 0.1) is 4.90 Å². The Morgan fingerprint density at radius 3 is 1.58 bits per heavy atom. The maximum atomic E-state index is 12.4. The van der Waals surface area contributed by atoms with E-state index in [4.69, 9.17) is 0 Å². The summed E-state index contributed by atoms with van der Waals surface area (Å²) < 4.78 is 49.5. The third-order valence-electron chi connectivity index (χ3n) is 1.19. The Morgan fingerprint density at radius 2 is 1.33 bits per heavy atom. The third-order valence-corrected chi connectivity index (χ3v) is 2.89. The molecule has 0 aliphatic heterocycles. The first kappa shape index (κ1) is 9.67. The normalized spacial score (nSPS) is 18.1. The molecule has 0 saturated carbocycles. The van der Waals surface area contributed by atoms with E-state index in [1.54, 1.807) is 0 Å². The fraction of sp³-hybridized carbons (Fsp3) is 0. The van der Waals surface area contributed by atoms with E-state index in [0.717, 1.165) is 12.1 Å². The number of halogens is 5. The molecule has 0 bridgehead atoms. The quantitative estimate of drug-likeness (QED) is 0.606. The predicted molar refractivity (Wildman–Crippen MR) is 42.6 cm³/mol. The van der Waals surface area contributed by atoms with Gasteiger partial charge in [-0.05, 0) is 12.1 Å². The van der Waals surface area contributed by atoms with Crippen molar-refractivity contribution in [1.82, 2.24) is 0 Å². The molecule has 0 atom stereocenters. The Bertz CT molecular complexity index is 289. The molecule has 0 heterocycles. The molecule has 0 spiro atoms. The Balaban J connectivity index is 3.36. The molecular formula is C6H5ClF4S. The monoisotopic (exact) mass is 220 g/mol. The number of benzene rings is 1. The molecule has 6 heteroatoms. The van der Waals surface area contributed by atoms with E-state index in [-0.39, 0.29) is 0 Å². The van der Waals surface area contributed by atoms with Crippen LogP contribution in [0.3, 0.4) is 0 Å². The van der Waals surface area contributed by atoms with Gasteiger partial charge in [0.15, 0.2) is 0 Å². The average molecular weight is 221 g/mol. The summed E-state index contributed by atoms with van der Waals surface area (Å²) in [7, 11) is -4.43. The Morgan fingerprint density at radius 1 is 0.917 bits per heavy atom. The van der Waals surface area contributed by atoms with Gasteiger partial charge in [-0.3, -0.25) is 0 Å². The van der Waals surface area contributed by atoms with Crippen LogP contribution >= 0.6 is 19.7 Å². The van der Waals surface area contributed by atoms with Gasteiger partial charge >= 0.3 is 0 Å². The second kappa shape index (κ2) is 1.90. The minimum Gasteiger partial charge on any atom is -0.107 e. The van der Waals surface area contributed by atoms with E-state index in [2.05, 4.69) is 10.7 Å². The van der Waals surface area contributed by atoms with Gasteiger partial charge in [-0.2, -0.15) is 0 Å². The highest BCUT2D eigenvalue weighted by atomic mass is 35.7. The van der Waals surface area contributed by atoms with Gasteiger partial charge in [-0.1, -0.05) is 18.2 Å². The van der Waals surface area contributed by atoms with Gasteiger partial charge in [0.2, 0.25) is 0 Å². The molecule has 1 rings (SSSR count). The van der Waals surface area contributed by atoms with Crippen LogP contribution in [-0.2, 0) is 0 Å². The summed E-state index contributed by atoms with van der Waals surface area (Å²) in [5.41, 5.74) is 0. The summed E-state index contributed by atoms with van der Waals surface area (Å²) in [6.45, 7) is 0.